The minimum Gasteiger partial charge on any atom is -0.493 e. The highest BCUT2D eigenvalue weighted by Crippen LogP contribution is 2.29. The molecule has 2 aromatic rings. The van der Waals surface area contributed by atoms with Crippen molar-refractivity contribution in [3.8, 4) is 11.5 Å². The number of urea groups is 1. The van der Waals surface area contributed by atoms with Gasteiger partial charge in [-0.25, -0.2) is 4.79 Å². The number of amides is 2. The van der Waals surface area contributed by atoms with Gasteiger partial charge in [0.05, 0.1) is 32.1 Å². The number of hydrogen-bond donors (Lipinski definition) is 2. The molecular formula is C16H19N3O3. The zero-order valence-corrected chi connectivity index (χ0v) is 12.8. The van der Waals surface area contributed by atoms with Crippen molar-refractivity contribution in [2.45, 2.75) is 13.0 Å². The summed E-state index contributed by atoms with van der Waals surface area (Å²) >= 11 is 0. The first-order valence-corrected chi connectivity index (χ1v) is 6.83. The summed E-state index contributed by atoms with van der Waals surface area (Å²) in [6, 6.07) is 8.59. The highest BCUT2D eigenvalue weighted by Gasteiger charge is 2.12. The van der Waals surface area contributed by atoms with Gasteiger partial charge in [-0.05, 0) is 36.8 Å². The number of nitrogens with one attached hydrogen (secondary N) is 2. The third kappa shape index (κ3) is 3.88. The summed E-state index contributed by atoms with van der Waals surface area (Å²) in [5.74, 6) is 1.28. The Morgan fingerprint density at radius 2 is 1.95 bits per heavy atom. The second kappa shape index (κ2) is 7.31. The van der Waals surface area contributed by atoms with E-state index in [-0.39, 0.29) is 12.1 Å². The molecule has 22 heavy (non-hydrogen) atoms. The number of hydrogen-bond acceptors (Lipinski definition) is 4. The van der Waals surface area contributed by atoms with E-state index in [4.69, 9.17) is 9.47 Å². The fraction of sp³-hybridized carbons (Fsp3) is 0.250. The van der Waals surface area contributed by atoms with Gasteiger partial charge in [0.15, 0.2) is 11.5 Å². The third-order valence-electron chi connectivity index (χ3n) is 3.17. The van der Waals surface area contributed by atoms with Gasteiger partial charge in [-0.2, -0.15) is 0 Å². The highest BCUT2D eigenvalue weighted by atomic mass is 16.5. The zero-order valence-electron chi connectivity index (χ0n) is 12.8. The summed E-state index contributed by atoms with van der Waals surface area (Å²) in [5, 5.41) is 5.58. The lowest BCUT2D eigenvalue weighted by Gasteiger charge is -2.17. The average molecular weight is 301 g/mol. The van der Waals surface area contributed by atoms with Crippen molar-refractivity contribution in [2.75, 3.05) is 19.5 Å². The van der Waals surface area contributed by atoms with Crippen LogP contribution in [-0.2, 0) is 0 Å². The lowest BCUT2D eigenvalue weighted by atomic mass is 10.1. The number of pyridine rings is 1. The minimum absolute atomic E-state index is 0.184. The van der Waals surface area contributed by atoms with Gasteiger partial charge >= 0.3 is 6.03 Å². The van der Waals surface area contributed by atoms with Crippen molar-refractivity contribution in [3.63, 3.8) is 0 Å². The molecule has 0 radical (unpaired) electrons. The van der Waals surface area contributed by atoms with E-state index in [1.807, 2.05) is 25.1 Å². The van der Waals surface area contributed by atoms with E-state index in [1.54, 1.807) is 38.7 Å². The molecule has 116 valence electrons. The largest absolute Gasteiger partial charge is 0.493 e. The van der Waals surface area contributed by atoms with Crippen molar-refractivity contribution in [3.05, 3.63) is 48.3 Å². The van der Waals surface area contributed by atoms with E-state index in [0.717, 1.165) is 5.56 Å². The lowest BCUT2D eigenvalue weighted by molar-refractivity contribution is 0.249. The van der Waals surface area contributed by atoms with Gasteiger partial charge in [0.2, 0.25) is 0 Å². The summed E-state index contributed by atoms with van der Waals surface area (Å²) in [5.41, 5.74) is 1.55. The maximum absolute atomic E-state index is 12.0. The average Bonchev–Trinajstić information content (AvgIpc) is 2.54. The SMILES string of the molecule is COc1ccc(C(C)NC(=O)Nc2cccnc2)cc1OC. The molecule has 0 aliphatic heterocycles. The monoisotopic (exact) mass is 301 g/mol. The fourth-order valence-corrected chi connectivity index (χ4v) is 2.01. The van der Waals surface area contributed by atoms with Crippen LogP contribution in [0.5, 0.6) is 11.5 Å². The van der Waals surface area contributed by atoms with Crippen molar-refractivity contribution in [1.29, 1.82) is 0 Å². The number of benzene rings is 1. The summed E-state index contributed by atoms with van der Waals surface area (Å²) in [6.45, 7) is 1.89. The maximum Gasteiger partial charge on any atom is 0.319 e. The molecule has 1 heterocycles. The summed E-state index contributed by atoms with van der Waals surface area (Å²) in [7, 11) is 3.16. The number of rotatable bonds is 5. The molecule has 0 fully saturated rings. The molecule has 6 heteroatoms. The van der Waals surface area contributed by atoms with Crippen LogP contribution in [0, 0.1) is 0 Å². The molecule has 0 spiro atoms. The first-order chi connectivity index (χ1) is 10.6. The first kappa shape index (κ1) is 15.6. The Morgan fingerprint density at radius 3 is 2.59 bits per heavy atom. The van der Waals surface area contributed by atoms with Crippen molar-refractivity contribution < 1.29 is 14.3 Å². The molecule has 1 unspecified atom stereocenters. The normalized spacial score (nSPS) is 11.4. The number of aromatic nitrogens is 1. The molecule has 0 saturated carbocycles. The Labute approximate surface area is 129 Å². The molecule has 2 N–H and O–H groups in total. The van der Waals surface area contributed by atoms with Gasteiger partial charge in [-0.15, -0.1) is 0 Å². The van der Waals surface area contributed by atoms with Gasteiger partial charge in [0.1, 0.15) is 0 Å². The Morgan fingerprint density at radius 1 is 1.18 bits per heavy atom. The fourth-order valence-electron chi connectivity index (χ4n) is 2.01. The Hall–Kier alpha value is -2.76. The van der Waals surface area contributed by atoms with Crippen molar-refractivity contribution in [1.82, 2.24) is 10.3 Å². The molecular weight excluding hydrogens is 282 g/mol. The zero-order chi connectivity index (χ0) is 15.9. The van der Waals surface area contributed by atoms with Gasteiger partial charge in [0, 0.05) is 6.20 Å². The number of methoxy groups -OCH3 is 2. The van der Waals surface area contributed by atoms with Crippen LogP contribution >= 0.6 is 0 Å². The summed E-state index contributed by atoms with van der Waals surface area (Å²) in [6.07, 6.45) is 3.23. The van der Waals surface area contributed by atoms with Crippen LogP contribution in [0.2, 0.25) is 0 Å². The molecule has 1 aromatic heterocycles. The van der Waals surface area contributed by atoms with Crippen LogP contribution in [0.25, 0.3) is 0 Å². The van der Waals surface area contributed by atoms with Crippen molar-refractivity contribution in [2.24, 2.45) is 0 Å². The molecule has 0 saturated heterocycles. The van der Waals surface area contributed by atoms with E-state index in [9.17, 15) is 4.79 Å². The standard InChI is InChI=1S/C16H19N3O3/c1-11(12-6-7-14(21-2)15(9-12)22-3)18-16(20)19-13-5-4-8-17-10-13/h4-11H,1-3H3,(H2,18,19,20). The summed E-state index contributed by atoms with van der Waals surface area (Å²) < 4.78 is 10.5. The van der Waals surface area contributed by atoms with Crippen LogP contribution in [-0.4, -0.2) is 25.2 Å². The number of nitrogens with zero attached hydrogens (tertiary/aromatic N) is 1. The maximum atomic E-state index is 12.0. The number of carbonyl (C=O) groups excluding carboxylic acids is 1. The Bertz CT molecular complexity index is 632. The number of ether oxygens (including phenoxy) is 2. The summed E-state index contributed by atoms with van der Waals surface area (Å²) in [4.78, 5) is 15.9. The first-order valence-electron chi connectivity index (χ1n) is 6.83. The topological polar surface area (TPSA) is 72.5 Å². The minimum atomic E-state index is -0.296. The molecule has 0 aliphatic carbocycles. The highest BCUT2D eigenvalue weighted by molar-refractivity contribution is 5.89. The molecule has 2 rings (SSSR count). The quantitative estimate of drug-likeness (QED) is 0.890. The lowest BCUT2D eigenvalue weighted by Crippen LogP contribution is -2.31. The van der Waals surface area contributed by atoms with E-state index >= 15 is 0 Å². The molecule has 2 amide bonds. The smallest absolute Gasteiger partial charge is 0.319 e. The molecule has 6 nitrogen and oxygen atoms in total. The predicted octanol–water partition coefficient (Wildman–Crippen LogP) is 2.98. The van der Waals surface area contributed by atoms with Crippen molar-refractivity contribution >= 4 is 11.7 Å². The van der Waals surface area contributed by atoms with E-state index in [2.05, 4.69) is 15.6 Å². The van der Waals surface area contributed by atoms with Crippen LogP contribution in [0.15, 0.2) is 42.7 Å². The Balaban J connectivity index is 2.02. The molecule has 1 atom stereocenters. The van der Waals surface area contributed by atoms with Gasteiger partial charge < -0.3 is 20.1 Å². The van der Waals surface area contributed by atoms with E-state index in [1.165, 1.54) is 0 Å². The van der Waals surface area contributed by atoms with E-state index < -0.39 is 0 Å². The van der Waals surface area contributed by atoms with E-state index in [0.29, 0.717) is 17.2 Å². The third-order valence-corrected chi connectivity index (χ3v) is 3.17. The predicted molar refractivity (Wildman–Crippen MR) is 84.4 cm³/mol. The van der Waals surface area contributed by atoms with Crippen LogP contribution in [0.3, 0.4) is 0 Å². The van der Waals surface area contributed by atoms with Gasteiger partial charge in [-0.3, -0.25) is 4.98 Å². The second-order valence-electron chi connectivity index (χ2n) is 4.68. The number of anilines is 1. The van der Waals surface area contributed by atoms with Gasteiger partial charge in [-0.1, -0.05) is 6.07 Å². The van der Waals surface area contributed by atoms with Crippen LogP contribution in [0.4, 0.5) is 10.5 Å². The van der Waals surface area contributed by atoms with Crippen LogP contribution < -0.4 is 20.1 Å². The molecule has 0 aliphatic rings. The molecule has 1 aromatic carbocycles. The Kier molecular flexibility index (Phi) is 5.19. The second-order valence-corrected chi connectivity index (χ2v) is 4.68. The molecule has 0 bridgehead atoms. The number of carbonyl (C=O) groups is 1. The van der Waals surface area contributed by atoms with Gasteiger partial charge in [0.25, 0.3) is 0 Å². The van der Waals surface area contributed by atoms with Crippen LogP contribution in [0.1, 0.15) is 18.5 Å².